The molecular formula is C20H18BrN3O4. The second kappa shape index (κ2) is 8.79. The molecule has 0 aliphatic carbocycles. The molecule has 2 aromatic rings. The molecule has 0 spiro atoms. The first-order valence-corrected chi connectivity index (χ1v) is 9.51. The number of carbonyl (C=O) groups excluding carboxylic acids is 3. The highest BCUT2D eigenvalue weighted by molar-refractivity contribution is 9.10. The van der Waals surface area contributed by atoms with E-state index >= 15 is 0 Å². The molecule has 0 unspecified atom stereocenters. The Morgan fingerprint density at radius 2 is 1.79 bits per heavy atom. The monoisotopic (exact) mass is 443 g/mol. The van der Waals surface area contributed by atoms with Crippen LogP contribution in [0.4, 0.5) is 11.4 Å². The van der Waals surface area contributed by atoms with Gasteiger partial charge in [0.15, 0.2) is 0 Å². The lowest BCUT2D eigenvalue weighted by Gasteiger charge is -2.23. The number of nitrogens with one attached hydrogen (secondary N) is 1. The van der Waals surface area contributed by atoms with Crippen LogP contribution in [0.5, 0.6) is 0 Å². The van der Waals surface area contributed by atoms with Crippen LogP contribution in [0.15, 0.2) is 58.1 Å². The van der Waals surface area contributed by atoms with Gasteiger partial charge in [0.25, 0.3) is 5.91 Å². The van der Waals surface area contributed by atoms with Crippen molar-refractivity contribution in [2.24, 2.45) is 5.10 Å². The van der Waals surface area contributed by atoms with Gasteiger partial charge < -0.3 is 10.1 Å². The topological polar surface area (TPSA) is 88.1 Å². The Bertz CT molecular complexity index is 923. The number of ether oxygens (including phenoxy) is 1. The summed E-state index contributed by atoms with van der Waals surface area (Å²) in [6, 6.07) is 13.5. The van der Waals surface area contributed by atoms with E-state index in [1.807, 2.05) is 0 Å². The molecule has 8 heteroatoms. The van der Waals surface area contributed by atoms with Crippen LogP contribution in [0.2, 0.25) is 0 Å². The SMILES string of the molecule is CCOC(=O)c1ccc(NC(=O)C2=NN(c3ccc(Br)cc3)C(=O)CC2)cc1. The highest BCUT2D eigenvalue weighted by Gasteiger charge is 2.25. The van der Waals surface area contributed by atoms with E-state index in [0.717, 1.165) is 4.47 Å². The maximum Gasteiger partial charge on any atom is 0.338 e. The van der Waals surface area contributed by atoms with Gasteiger partial charge in [0.1, 0.15) is 5.71 Å². The number of halogens is 1. The Hall–Kier alpha value is -3.00. The number of carbonyl (C=O) groups is 3. The summed E-state index contributed by atoms with van der Waals surface area (Å²) in [5.74, 6) is -0.975. The molecule has 0 fully saturated rings. The number of hydrogen-bond donors (Lipinski definition) is 1. The molecule has 1 aliphatic heterocycles. The molecule has 7 nitrogen and oxygen atoms in total. The predicted octanol–water partition coefficient (Wildman–Crippen LogP) is 3.75. The molecule has 0 atom stereocenters. The van der Waals surface area contributed by atoms with Gasteiger partial charge in [-0.2, -0.15) is 5.10 Å². The molecule has 1 aliphatic rings. The summed E-state index contributed by atoms with van der Waals surface area (Å²) >= 11 is 3.35. The van der Waals surface area contributed by atoms with Crippen molar-refractivity contribution in [1.82, 2.24) is 0 Å². The quantitative estimate of drug-likeness (QED) is 0.712. The molecule has 28 heavy (non-hydrogen) atoms. The van der Waals surface area contributed by atoms with Crippen molar-refractivity contribution in [3.8, 4) is 0 Å². The summed E-state index contributed by atoms with van der Waals surface area (Å²) in [5, 5.41) is 8.21. The smallest absolute Gasteiger partial charge is 0.338 e. The molecule has 0 saturated carbocycles. The van der Waals surface area contributed by atoms with E-state index in [1.165, 1.54) is 5.01 Å². The number of amides is 2. The largest absolute Gasteiger partial charge is 0.462 e. The van der Waals surface area contributed by atoms with E-state index in [1.54, 1.807) is 55.5 Å². The number of rotatable bonds is 5. The Morgan fingerprint density at radius 1 is 1.11 bits per heavy atom. The zero-order chi connectivity index (χ0) is 20.1. The zero-order valence-corrected chi connectivity index (χ0v) is 16.7. The summed E-state index contributed by atoms with van der Waals surface area (Å²) in [4.78, 5) is 36.4. The summed E-state index contributed by atoms with van der Waals surface area (Å²) in [5.41, 5.74) is 1.78. The molecule has 3 rings (SSSR count). The molecule has 0 saturated heterocycles. The fourth-order valence-corrected chi connectivity index (χ4v) is 2.87. The lowest BCUT2D eigenvalue weighted by molar-refractivity contribution is -0.118. The van der Waals surface area contributed by atoms with Crippen molar-refractivity contribution in [1.29, 1.82) is 0 Å². The number of hydrazone groups is 1. The Morgan fingerprint density at radius 3 is 2.43 bits per heavy atom. The highest BCUT2D eigenvalue weighted by atomic mass is 79.9. The van der Waals surface area contributed by atoms with E-state index in [9.17, 15) is 14.4 Å². The molecule has 1 heterocycles. The van der Waals surface area contributed by atoms with E-state index < -0.39 is 11.9 Å². The van der Waals surface area contributed by atoms with Crippen LogP contribution in [0.3, 0.4) is 0 Å². The van der Waals surface area contributed by atoms with Gasteiger partial charge in [0, 0.05) is 23.0 Å². The van der Waals surface area contributed by atoms with Gasteiger partial charge in [-0.1, -0.05) is 15.9 Å². The first-order valence-electron chi connectivity index (χ1n) is 8.72. The molecule has 2 aromatic carbocycles. The van der Waals surface area contributed by atoms with E-state index in [-0.39, 0.29) is 24.5 Å². The van der Waals surface area contributed by atoms with Crippen LogP contribution in [0.1, 0.15) is 30.1 Å². The zero-order valence-electron chi connectivity index (χ0n) is 15.1. The molecule has 144 valence electrons. The second-order valence-corrected chi connectivity index (χ2v) is 6.90. The summed E-state index contributed by atoms with van der Waals surface area (Å²) in [7, 11) is 0. The lowest BCUT2D eigenvalue weighted by atomic mass is 10.1. The first-order chi connectivity index (χ1) is 13.5. The number of hydrogen-bond acceptors (Lipinski definition) is 5. The second-order valence-electron chi connectivity index (χ2n) is 5.98. The van der Waals surface area contributed by atoms with E-state index in [2.05, 4.69) is 26.3 Å². The van der Waals surface area contributed by atoms with Gasteiger partial charge in [-0.15, -0.1) is 0 Å². The molecule has 0 bridgehead atoms. The fourth-order valence-electron chi connectivity index (χ4n) is 2.61. The third-order valence-electron chi connectivity index (χ3n) is 4.02. The highest BCUT2D eigenvalue weighted by Crippen LogP contribution is 2.23. The number of nitrogens with zero attached hydrogens (tertiary/aromatic N) is 2. The van der Waals surface area contributed by atoms with Crippen LogP contribution in [-0.2, 0) is 14.3 Å². The minimum Gasteiger partial charge on any atom is -0.462 e. The Labute approximate surface area is 170 Å². The fraction of sp³-hybridized carbons (Fsp3) is 0.200. The van der Waals surface area contributed by atoms with Crippen LogP contribution in [0.25, 0.3) is 0 Å². The number of anilines is 2. The minimum atomic E-state index is -0.416. The van der Waals surface area contributed by atoms with Crippen LogP contribution in [0, 0.1) is 0 Å². The van der Waals surface area contributed by atoms with Gasteiger partial charge >= 0.3 is 5.97 Å². The van der Waals surface area contributed by atoms with Crippen molar-refractivity contribution >= 4 is 50.8 Å². The maximum atomic E-state index is 12.5. The van der Waals surface area contributed by atoms with Crippen LogP contribution >= 0.6 is 15.9 Å². The van der Waals surface area contributed by atoms with Gasteiger partial charge in [-0.3, -0.25) is 9.59 Å². The summed E-state index contributed by atoms with van der Waals surface area (Å²) < 4.78 is 5.81. The van der Waals surface area contributed by atoms with Crippen molar-refractivity contribution in [2.45, 2.75) is 19.8 Å². The average Bonchev–Trinajstić information content (AvgIpc) is 2.70. The minimum absolute atomic E-state index is 0.169. The molecule has 0 radical (unpaired) electrons. The molecule has 0 aromatic heterocycles. The van der Waals surface area contributed by atoms with Crippen molar-refractivity contribution in [2.75, 3.05) is 16.9 Å². The predicted molar refractivity (Wildman–Crippen MR) is 109 cm³/mol. The van der Waals surface area contributed by atoms with Gasteiger partial charge in [-0.05, 0) is 55.5 Å². The van der Waals surface area contributed by atoms with Crippen molar-refractivity contribution in [3.05, 3.63) is 58.6 Å². The number of benzene rings is 2. The Kier molecular flexibility index (Phi) is 6.20. The molecule has 1 N–H and O–H groups in total. The normalized spacial score (nSPS) is 13.7. The molecular weight excluding hydrogens is 426 g/mol. The first kappa shape index (κ1) is 19.8. The Balaban J connectivity index is 1.72. The average molecular weight is 444 g/mol. The molecule has 2 amide bonds. The summed E-state index contributed by atoms with van der Waals surface area (Å²) in [6.45, 7) is 2.03. The van der Waals surface area contributed by atoms with Gasteiger partial charge in [-0.25, -0.2) is 9.80 Å². The standard InChI is InChI=1S/C20H18BrN3O4/c1-2-28-20(27)13-3-7-15(8-4-13)22-19(26)17-11-12-18(25)24(23-17)16-9-5-14(21)6-10-16/h3-10H,2,11-12H2,1H3,(H,22,26). The van der Waals surface area contributed by atoms with E-state index in [4.69, 9.17) is 4.74 Å². The third-order valence-corrected chi connectivity index (χ3v) is 4.55. The number of esters is 1. The maximum absolute atomic E-state index is 12.5. The summed E-state index contributed by atoms with van der Waals surface area (Å²) in [6.07, 6.45) is 0.461. The lowest BCUT2D eigenvalue weighted by Crippen LogP contribution is -2.36. The van der Waals surface area contributed by atoms with Gasteiger partial charge in [0.2, 0.25) is 5.91 Å². The van der Waals surface area contributed by atoms with Crippen LogP contribution < -0.4 is 10.3 Å². The van der Waals surface area contributed by atoms with Crippen molar-refractivity contribution < 1.29 is 19.1 Å². The third kappa shape index (κ3) is 4.64. The van der Waals surface area contributed by atoms with Gasteiger partial charge in [0.05, 0.1) is 17.9 Å². The van der Waals surface area contributed by atoms with E-state index in [0.29, 0.717) is 23.5 Å². The van der Waals surface area contributed by atoms with Crippen molar-refractivity contribution in [3.63, 3.8) is 0 Å². The van der Waals surface area contributed by atoms with Crippen LogP contribution in [-0.4, -0.2) is 30.1 Å².